The maximum atomic E-state index is 12.9. The van der Waals surface area contributed by atoms with Crippen LogP contribution in [0.4, 0.5) is 4.79 Å². The summed E-state index contributed by atoms with van der Waals surface area (Å²) in [6, 6.07) is 22.4. The first-order valence-corrected chi connectivity index (χ1v) is 13.4. The molecular formula is C32H36BNO5. The van der Waals surface area contributed by atoms with E-state index in [4.69, 9.17) is 14.0 Å². The molecule has 1 aliphatic carbocycles. The number of ether oxygens (including phenoxy) is 1. The van der Waals surface area contributed by atoms with Gasteiger partial charge >= 0.3 is 13.2 Å². The van der Waals surface area contributed by atoms with Crippen molar-refractivity contribution in [1.82, 2.24) is 5.32 Å². The van der Waals surface area contributed by atoms with Crippen molar-refractivity contribution in [1.29, 1.82) is 0 Å². The molecule has 3 aromatic rings. The van der Waals surface area contributed by atoms with E-state index >= 15 is 0 Å². The lowest BCUT2D eigenvalue weighted by atomic mass is 9.77. The molecule has 6 nitrogen and oxygen atoms in total. The summed E-state index contributed by atoms with van der Waals surface area (Å²) < 4.78 is 18.3. The summed E-state index contributed by atoms with van der Waals surface area (Å²) in [6.45, 7) is 10.4. The molecular weight excluding hydrogens is 489 g/mol. The fourth-order valence-corrected chi connectivity index (χ4v) is 5.19. The quantitative estimate of drug-likeness (QED) is 0.368. The highest BCUT2D eigenvalue weighted by atomic mass is 16.7. The molecule has 0 unspecified atom stereocenters. The second kappa shape index (κ2) is 10.6. The molecule has 1 saturated heterocycles. The number of rotatable bonds is 7. The molecule has 3 aromatic carbocycles. The molecule has 202 valence electrons. The van der Waals surface area contributed by atoms with Crippen LogP contribution in [0.2, 0.25) is 0 Å². The van der Waals surface area contributed by atoms with Gasteiger partial charge in [0.1, 0.15) is 6.61 Å². The zero-order valence-electron chi connectivity index (χ0n) is 23.3. The van der Waals surface area contributed by atoms with E-state index in [9.17, 15) is 9.90 Å². The first-order valence-electron chi connectivity index (χ1n) is 13.4. The minimum absolute atomic E-state index is 0.00859. The van der Waals surface area contributed by atoms with Crippen molar-refractivity contribution in [2.75, 3.05) is 13.2 Å². The molecule has 0 radical (unpaired) electrons. The number of aliphatic hydroxyl groups is 1. The molecule has 1 fully saturated rings. The zero-order chi connectivity index (χ0) is 27.8. The molecule has 0 saturated carbocycles. The van der Waals surface area contributed by atoms with E-state index in [0.717, 1.165) is 22.2 Å². The maximum Gasteiger partial charge on any atom is 0.492 e. The van der Waals surface area contributed by atoms with Gasteiger partial charge in [-0.15, -0.1) is 0 Å². The van der Waals surface area contributed by atoms with E-state index in [-0.39, 0.29) is 25.7 Å². The molecule has 0 bridgehead atoms. The van der Waals surface area contributed by atoms with Crippen LogP contribution in [-0.4, -0.2) is 42.7 Å². The second-order valence-electron chi connectivity index (χ2n) is 11.3. The zero-order valence-corrected chi connectivity index (χ0v) is 23.3. The van der Waals surface area contributed by atoms with Gasteiger partial charge in [-0.3, -0.25) is 0 Å². The number of carbonyl (C=O) groups excluding carboxylic acids is 1. The Bertz CT molecular complexity index is 1350. The molecule has 0 spiro atoms. The largest absolute Gasteiger partial charge is 0.492 e. The Morgan fingerprint density at radius 3 is 2.15 bits per heavy atom. The fraction of sp³-hybridized carbons (Fsp3) is 0.344. The van der Waals surface area contributed by atoms with Gasteiger partial charge in [-0.25, -0.2) is 4.79 Å². The minimum Gasteiger partial charge on any atom is -0.449 e. The van der Waals surface area contributed by atoms with E-state index in [2.05, 4.69) is 29.6 Å². The number of carbonyl (C=O) groups is 1. The molecule has 7 heteroatoms. The highest BCUT2D eigenvalue weighted by molar-refractivity contribution is 6.56. The normalized spacial score (nSPS) is 17.6. The van der Waals surface area contributed by atoms with E-state index in [1.165, 1.54) is 22.3 Å². The second-order valence-corrected chi connectivity index (χ2v) is 11.3. The van der Waals surface area contributed by atoms with Crippen LogP contribution in [0, 0.1) is 6.92 Å². The maximum absolute atomic E-state index is 12.9. The summed E-state index contributed by atoms with van der Waals surface area (Å²) in [6.07, 6.45) is 1.45. The molecule has 2 aliphatic rings. The summed E-state index contributed by atoms with van der Waals surface area (Å²) in [5, 5.41) is 12.6. The van der Waals surface area contributed by atoms with Crippen LogP contribution in [0.15, 0.2) is 72.2 Å². The van der Waals surface area contributed by atoms with Gasteiger partial charge in [-0.05, 0) is 85.1 Å². The lowest BCUT2D eigenvalue weighted by Gasteiger charge is -2.32. The standard InChI is InChI=1S/C32H36BNO5/c1-21-14-15-22(16-23(21)19-35)17-24(33-38-31(2,3)32(4,5)39-33)18-34-30(36)37-20-29-27-12-8-6-10-25(27)26-11-7-9-13-28(26)29/h6-17,29,35H,18-20H2,1-5H3,(H,34,36). The predicted molar refractivity (Wildman–Crippen MR) is 154 cm³/mol. The SMILES string of the molecule is Cc1ccc(C=C(CNC(=O)OCC2c3ccccc3-c3ccccc32)B2OC(C)(C)C(C)(C)O2)cc1CO. The summed E-state index contributed by atoms with van der Waals surface area (Å²) in [7, 11) is -0.636. The molecule has 39 heavy (non-hydrogen) atoms. The smallest absolute Gasteiger partial charge is 0.449 e. The van der Waals surface area contributed by atoms with Crippen LogP contribution >= 0.6 is 0 Å². The third-order valence-corrected chi connectivity index (χ3v) is 8.23. The van der Waals surface area contributed by atoms with Crippen molar-refractivity contribution in [3.05, 3.63) is 100 Å². The molecule has 2 N–H and O–H groups in total. The van der Waals surface area contributed by atoms with E-state index in [1.54, 1.807) is 0 Å². The topological polar surface area (TPSA) is 77.0 Å². The van der Waals surface area contributed by atoms with Crippen LogP contribution in [0.3, 0.4) is 0 Å². The van der Waals surface area contributed by atoms with Crippen molar-refractivity contribution >= 4 is 19.3 Å². The van der Waals surface area contributed by atoms with Crippen molar-refractivity contribution < 1.29 is 23.9 Å². The molecule has 1 heterocycles. The van der Waals surface area contributed by atoms with Gasteiger partial charge in [0.15, 0.2) is 0 Å². The molecule has 1 amide bonds. The van der Waals surface area contributed by atoms with Crippen LogP contribution in [0.5, 0.6) is 0 Å². The van der Waals surface area contributed by atoms with Crippen molar-refractivity contribution in [3.8, 4) is 11.1 Å². The van der Waals surface area contributed by atoms with Crippen LogP contribution < -0.4 is 5.32 Å². The van der Waals surface area contributed by atoms with Crippen molar-refractivity contribution in [2.45, 2.75) is 58.3 Å². The minimum atomic E-state index is -0.636. The first-order chi connectivity index (χ1) is 18.6. The van der Waals surface area contributed by atoms with Gasteiger partial charge in [0.25, 0.3) is 0 Å². The average Bonchev–Trinajstić information content (AvgIpc) is 3.35. The third kappa shape index (κ3) is 5.39. The van der Waals surface area contributed by atoms with Gasteiger partial charge in [-0.1, -0.05) is 66.7 Å². The van der Waals surface area contributed by atoms with E-state index < -0.39 is 24.4 Å². The van der Waals surface area contributed by atoms with E-state index in [1.807, 2.05) is 83.2 Å². The Balaban J connectivity index is 1.31. The number of hydrogen-bond acceptors (Lipinski definition) is 5. The fourth-order valence-electron chi connectivity index (χ4n) is 5.19. The first kappa shape index (κ1) is 27.2. The van der Waals surface area contributed by atoms with Crippen molar-refractivity contribution in [2.24, 2.45) is 0 Å². The Morgan fingerprint density at radius 1 is 0.974 bits per heavy atom. The van der Waals surface area contributed by atoms with Gasteiger partial charge < -0.3 is 24.5 Å². The molecule has 0 atom stereocenters. The predicted octanol–water partition coefficient (Wildman–Crippen LogP) is 6.04. The molecule has 1 aliphatic heterocycles. The number of alkyl carbamates (subject to hydrolysis) is 1. The van der Waals surface area contributed by atoms with Gasteiger partial charge in [-0.2, -0.15) is 0 Å². The van der Waals surface area contributed by atoms with Crippen molar-refractivity contribution in [3.63, 3.8) is 0 Å². The average molecular weight is 525 g/mol. The summed E-state index contributed by atoms with van der Waals surface area (Å²) in [4.78, 5) is 12.9. The number of hydrogen-bond donors (Lipinski definition) is 2. The van der Waals surface area contributed by atoms with Gasteiger partial charge in [0.2, 0.25) is 0 Å². The van der Waals surface area contributed by atoms with Gasteiger partial charge in [0, 0.05) is 12.5 Å². The Labute approximate surface area is 231 Å². The number of benzene rings is 3. The molecule has 5 rings (SSSR count). The van der Waals surface area contributed by atoms with Crippen LogP contribution in [0.1, 0.15) is 61.4 Å². The molecule has 0 aromatic heterocycles. The number of amides is 1. The number of nitrogens with one attached hydrogen (secondary N) is 1. The monoisotopic (exact) mass is 525 g/mol. The third-order valence-electron chi connectivity index (χ3n) is 8.23. The van der Waals surface area contributed by atoms with E-state index in [0.29, 0.717) is 0 Å². The highest BCUT2D eigenvalue weighted by Crippen LogP contribution is 2.44. The number of aliphatic hydroxyl groups excluding tert-OH is 1. The Morgan fingerprint density at radius 2 is 1.56 bits per heavy atom. The Hall–Kier alpha value is -3.39. The number of aryl methyl sites for hydroxylation is 1. The Kier molecular flexibility index (Phi) is 7.42. The summed E-state index contributed by atoms with van der Waals surface area (Å²) >= 11 is 0. The van der Waals surface area contributed by atoms with Crippen LogP contribution in [-0.2, 0) is 20.7 Å². The lowest BCUT2D eigenvalue weighted by Crippen LogP contribution is -2.41. The number of fused-ring (bicyclic) bond motifs is 3. The highest BCUT2D eigenvalue weighted by Gasteiger charge is 2.52. The van der Waals surface area contributed by atoms with Crippen LogP contribution in [0.25, 0.3) is 17.2 Å². The summed E-state index contributed by atoms with van der Waals surface area (Å²) in [5.41, 5.74) is 7.19. The van der Waals surface area contributed by atoms with Gasteiger partial charge in [0.05, 0.1) is 17.8 Å². The lowest BCUT2D eigenvalue weighted by molar-refractivity contribution is 0.00578. The summed E-state index contributed by atoms with van der Waals surface area (Å²) in [5.74, 6) is -0.00859.